The fourth-order valence-corrected chi connectivity index (χ4v) is 4.80. The molecule has 0 bridgehead atoms. The van der Waals surface area contributed by atoms with Crippen molar-refractivity contribution in [2.24, 2.45) is 0 Å². The van der Waals surface area contributed by atoms with Crippen molar-refractivity contribution < 1.29 is 13.7 Å². The number of hydrogen-bond donors (Lipinski definition) is 0. The Morgan fingerprint density at radius 3 is 2.41 bits per heavy atom. The molecule has 0 radical (unpaired) electrons. The van der Waals surface area contributed by atoms with Crippen molar-refractivity contribution in [1.82, 2.24) is 0 Å². The largest absolute Gasteiger partial charge is 0.462 e. The molecule has 3 nitrogen and oxygen atoms in total. The third-order valence-electron chi connectivity index (χ3n) is 4.10. The molecule has 3 aromatic rings. The molecule has 27 heavy (non-hydrogen) atoms. The number of benzene rings is 3. The zero-order chi connectivity index (χ0) is 19.4. The summed E-state index contributed by atoms with van der Waals surface area (Å²) >= 11 is 2.20. The molecule has 138 valence electrons. The van der Waals surface area contributed by atoms with Crippen molar-refractivity contribution in [3.8, 4) is 11.1 Å². The number of carbonyl (C=O) groups excluding carboxylic acids is 1. The minimum absolute atomic E-state index is 0.306. The monoisotopic (exact) mass is 490 g/mol. The smallest absolute Gasteiger partial charge is 0.338 e. The van der Waals surface area contributed by atoms with E-state index in [1.165, 1.54) is 0 Å². The number of esters is 1. The first-order valence-corrected chi connectivity index (χ1v) is 10.8. The first-order valence-electron chi connectivity index (χ1n) is 8.56. The van der Waals surface area contributed by atoms with Gasteiger partial charge in [0.05, 0.1) is 27.9 Å². The van der Waals surface area contributed by atoms with Crippen LogP contribution >= 0.6 is 22.6 Å². The quantitative estimate of drug-likeness (QED) is 0.345. The molecule has 3 aromatic carbocycles. The highest BCUT2D eigenvalue weighted by Crippen LogP contribution is 2.35. The van der Waals surface area contributed by atoms with Crippen LogP contribution in [0.2, 0.25) is 0 Å². The molecule has 0 heterocycles. The summed E-state index contributed by atoms with van der Waals surface area (Å²) in [5.74, 6) is -0.373. The SMILES string of the molecule is CCOC(=O)c1cccc(I)c1-c1ccccc1S(=O)c1ccc(C)cc1. The number of ether oxygens (including phenoxy) is 1. The molecule has 0 aliphatic carbocycles. The number of carbonyl (C=O) groups is 1. The van der Waals surface area contributed by atoms with E-state index in [0.29, 0.717) is 17.1 Å². The van der Waals surface area contributed by atoms with Gasteiger partial charge < -0.3 is 4.74 Å². The van der Waals surface area contributed by atoms with Crippen molar-refractivity contribution in [2.45, 2.75) is 23.6 Å². The van der Waals surface area contributed by atoms with Crippen LogP contribution in [0.3, 0.4) is 0 Å². The Bertz CT molecular complexity index is 997. The topological polar surface area (TPSA) is 43.4 Å². The molecule has 0 N–H and O–H groups in total. The average molecular weight is 490 g/mol. The molecule has 1 unspecified atom stereocenters. The van der Waals surface area contributed by atoms with Crippen molar-refractivity contribution in [1.29, 1.82) is 0 Å². The van der Waals surface area contributed by atoms with E-state index in [1.807, 2.05) is 67.6 Å². The van der Waals surface area contributed by atoms with Crippen LogP contribution in [0.25, 0.3) is 11.1 Å². The summed E-state index contributed by atoms with van der Waals surface area (Å²) in [7, 11) is -1.36. The predicted molar refractivity (Wildman–Crippen MR) is 116 cm³/mol. The first-order chi connectivity index (χ1) is 13.0. The Hall–Kier alpha value is -1.99. The van der Waals surface area contributed by atoms with Crippen molar-refractivity contribution in [3.63, 3.8) is 0 Å². The van der Waals surface area contributed by atoms with Crippen LogP contribution in [0.1, 0.15) is 22.8 Å². The van der Waals surface area contributed by atoms with Crippen LogP contribution in [0.4, 0.5) is 0 Å². The van der Waals surface area contributed by atoms with Crippen molar-refractivity contribution >= 4 is 39.4 Å². The van der Waals surface area contributed by atoms with Gasteiger partial charge in [-0.05, 0) is 66.8 Å². The molecule has 0 aliphatic heterocycles. The van der Waals surface area contributed by atoms with Crippen molar-refractivity contribution in [2.75, 3.05) is 6.61 Å². The van der Waals surface area contributed by atoms with Gasteiger partial charge in [-0.1, -0.05) is 42.0 Å². The number of halogens is 1. The van der Waals surface area contributed by atoms with Crippen LogP contribution in [0.5, 0.6) is 0 Å². The number of rotatable bonds is 5. The zero-order valence-corrected chi connectivity index (χ0v) is 18.0. The summed E-state index contributed by atoms with van der Waals surface area (Å²) in [5.41, 5.74) is 3.14. The van der Waals surface area contributed by atoms with E-state index in [9.17, 15) is 9.00 Å². The van der Waals surface area contributed by atoms with Gasteiger partial charge in [0.25, 0.3) is 0 Å². The molecule has 0 fully saturated rings. The number of aryl methyl sites for hydroxylation is 1. The highest BCUT2D eigenvalue weighted by atomic mass is 127. The van der Waals surface area contributed by atoms with Crippen LogP contribution < -0.4 is 0 Å². The molecule has 0 spiro atoms. The Morgan fingerprint density at radius 1 is 1.00 bits per heavy atom. The molecule has 3 rings (SSSR count). The van der Waals surface area contributed by atoms with Crippen LogP contribution in [-0.4, -0.2) is 16.8 Å². The summed E-state index contributed by atoms with van der Waals surface area (Å²) in [6.45, 7) is 4.09. The highest BCUT2D eigenvalue weighted by Gasteiger charge is 2.21. The van der Waals surface area contributed by atoms with Gasteiger partial charge in [0, 0.05) is 19.6 Å². The lowest BCUT2D eigenvalue weighted by molar-refractivity contribution is 0.0527. The molecular formula is C22H19IO3S. The average Bonchev–Trinajstić information content (AvgIpc) is 2.68. The molecule has 0 saturated heterocycles. The molecule has 0 aliphatic rings. The third kappa shape index (κ3) is 4.30. The van der Waals surface area contributed by atoms with Gasteiger partial charge in [-0.2, -0.15) is 0 Å². The van der Waals surface area contributed by atoms with Gasteiger partial charge in [0.2, 0.25) is 0 Å². The fourth-order valence-electron chi connectivity index (χ4n) is 2.80. The fraction of sp³-hybridized carbons (Fsp3) is 0.136. The van der Waals surface area contributed by atoms with E-state index in [0.717, 1.165) is 25.2 Å². The highest BCUT2D eigenvalue weighted by molar-refractivity contribution is 14.1. The predicted octanol–water partition coefficient (Wildman–Crippen LogP) is 5.61. The van der Waals surface area contributed by atoms with Crippen molar-refractivity contribution in [3.05, 3.63) is 81.4 Å². The van der Waals surface area contributed by atoms with Gasteiger partial charge in [0.1, 0.15) is 0 Å². The van der Waals surface area contributed by atoms with Gasteiger partial charge in [-0.25, -0.2) is 9.00 Å². The molecule has 0 amide bonds. The molecule has 5 heteroatoms. The summed E-state index contributed by atoms with van der Waals surface area (Å²) in [4.78, 5) is 13.9. The summed E-state index contributed by atoms with van der Waals surface area (Å²) in [6.07, 6.45) is 0. The van der Waals surface area contributed by atoms with Gasteiger partial charge in [-0.15, -0.1) is 0 Å². The van der Waals surface area contributed by atoms with Crippen LogP contribution in [-0.2, 0) is 15.5 Å². The lowest BCUT2D eigenvalue weighted by atomic mass is 10.00. The minimum Gasteiger partial charge on any atom is -0.462 e. The second-order valence-electron chi connectivity index (χ2n) is 5.96. The summed E-state index contributed by atoms with van der Waals surface area (Å²) in [5, 5.41) is 0. The van der Waals surface area contributed by atoms with Crippen LogP contribution in [0, 0.1) is 10.5 Å². The van der Waals surface area contributed by atoms with Crippen LogP contribution in [0.15, 0.2) is 76.5 Å². The summed E-state index contributed by atoms with van der Waals surface area (Å²) < 4.78 is 19.4. The van der Waals surface area contributed by atoms with E-state index in [-0.39, 0.29) is 5.97 Å². The second-order valence-corrected chi connectivity index (χ2v) is 8.57. The minimum atomic E-state index is -1.36. The van der Waals surface area contributed by atoms with E-state index in [1.54, 1.807) is 13.0 Å². The zero-order valence-electron chi connectivity index (χ0n) is 15.1. The second kappa shape index (κ2) is 8.80. The maximum absolute atomic E-state index is 13.3. The Morgan fingerprint density at radius 2 is 1.70 bits per heavy atom. The molecule has 0 aromatic heterocycles. The Kier molecular flexibility index (Phi) is 6.44. The molecule has 0 saturated carbocycles. The third-order valence-corrected chi connectivity index (χ3v) is 6.45. The Labute approximate surface area is 175 Å². The summed E-state index contributed by atoms with van der Waals surface area (Å²) in [6, 6.07) is 20.7. The van der Waals surface area contributed by atoms with E-state index < -0.39 is 10.8 Å². The molecule has 1 atom stereocenters. The maximum atomic E-state index is 13.3. The van der Waals surface area contributed by atoms with E-state index >= 15 is 0 Å². The maximum Gasteiger partial charge on any atom is 0.338 e. The van der Waals surface area contributed by atoms with E-state index in [4.69, 9.17) is 4.74 Å². The van der Waals surface area contributed by atoms with Gasteiger partial charge in [-0.3, -0.25) is 0 Å². The first kappa shape index (κ1) is 19.8. The van der Waals surface area contributed by atoms with Gasteiger partial charge >= 0.3 is 5.97 Å². The lowest BCUT2D eigenvalue weighted by Crippen LogP contribution is -2.08. The Balaban J connectivity index is 2.16. The molecular weight excluding hydrogens is 471 g/mol. The lowest BCUT2D eigenvalue weighted by Gasteiger charge is -2.15. The standard InChI is InChI=1S/C22H19IO3S/c1-3-26-22(24)18-8-6-9-19(23)21(18)17-7-4-5-10-20(17)27(25)16-13-11-15(2)12-14-16/h4-14H,3H2,1-2H3. The van der Waals surface area contributed by atoms with Gasteiger partial charge in [0.15, 0.2) is 0 Å². The van der Waals surface area contributed by atoms with E-state index in [2.05, 4.69) is 22.6 Å². The number of hydrogen-bond acceptors (Lipinski definition) is 3. The normalized spacial score (nSPS) is 11.8.